The van der Waals surface area contributed by atoms with Crippen molar-refractivity contribution in [2.24, 2.45) is 0 Å². The van der Waals surface area contributed by atoms with E-state index in [1.54, 1.807) is 31.4 Å². The number of nitrogens with one attached hydrogen (secondary N) is 1. The van der Waals surface area contributed by atoms with Crippen LogP contribution in [0.3, 0.4) is 0 Å². The van der Waals surface area contributed by atoms with E-state index in [9.17, 15) is 4.79 Å². The Labute approximate surface area is 143 Å². The van der Waals surface area contributed by atoms with Crippen molar-refractivity contribution in [3.8, 4) is 5.75 Å². The summed E-state index contributed by atoms with van der Waals surface area (Å²) in [5, 5.41) is 3.11. The number of amides is 1. The smallest absolute Gasteiger partial charge is 0.251 e. The molecule has 1 saturated carbocycles. The molecule has 1 fully saturated rings. The van der Waals surface area contributed by atoms with Crippen molar-refractivity contribution < 1.29 is 9.53 Å². The fourth-order valence-corrected chi connectivity index (χ4v) is 3.60. The Bertz CT molecular complexity index is 721. The molecule has 0 bridgehead atoms. The van der Waals surface area contributed by atoms with Gasteiger partial charge in [0.05, 0.1) is 7.11 Å². The summed E-state index contributed by atoms with van der Waals surface area (Å²) in [6, 6.07) is 15.3. The summed E-state index contributed by atoms with van der Waals surface area (Å²) in [6.45, 7) is 0.633. The van der Waals surface area contributed by atoms with Crippen LogP contribution in [0.1, 0.15) is 41.6 Å². The Balaban J connectivity index is 1.78. The number of carbonyl (C=O) groups excluding carboxylic acids is 1. The lowest BCUT2D eigenvalue weighted by atomic mass is 9.78. The maximum Gasteiger partial charge on any atom is 0.251 e. The highest BCUT2D eigenvalue weighted by Gasteiger charge is 2.36. The molecule has 0 aromatic heterocycles. The van der Waals surface area contributed by atoms with Crippen LogP contribution in [0, 0.1) is 0 Å². The van der Waals surface area contributed by atoms with Crippen LogP contribution >= 0.6 is 0 Å². The Morgan fingerprint density at radius 2 is 1.92 bits per heavy atom. The van der Waals surface area contributed by atoms with Crippen molar-refractivity contribution in [1.82, 2.24) is 5.32 Å². The second-order valence-corrected chi connectivity index (χ2v) is 6.53. The van der Waals surface area contributed by atoms with E-state index in [4.69, 9.17) is 10.5 Å². The Morgan fingerprint density at radius 1 is 1.17 bits per heavy atom. The molecule has 2 aromatic carbocycles. The number of ether oxygens (including phenoxy) is 1. The molecule has 2 aromatic rings. The highest BCUT2D eigenvalue weighted by atomic mass is 16.5. The molecular formula is C20H24N2O2. The van der Waals surface area contributed by atoms with Gasteiger partial charge in [0.2, 0.25) is 0 Å². The Kier molecular flexibility index (Phi) is 4.74. The molecule has 126 valence electrons. The third kappa shape index (κ3) is 3.37. The van der Waals surface area contributed by atoms with E-state index in [0.29, 0.717) is 17.8 Å². The lowest BCUT2D eigenvalue weighted by Crippen LogP contribution is -2.39. The van der Waals surface area contributed by atoms with Crippen LogP contribution in [-0.2, 0) is 5.41 Å². The third-order valence-corrected chi connectivity index (χ3v) is 4.98. The predicted octanol–water partition coefficient (Wildman–Crippen LogP) is 3.52. The van der Waals surface area contributed by atoms with Crippen LogP contribution in [0.15, 0.2) is 48.5 Å². The number of benzene rings is 2. The van der Waals surface area contributed by atoms with Crippen molar-refractivity contribution in [3.05, 3.63) is 59.7 Å². The molecule has 1 amide bonds. The molecular weight excluding hydrogens is 300 g/mol. The van der Waals surface area contributed by atoms with Crippen LogP contribution in [0.5, 0.6) is 5.75 Å². The predicted molar refractivity (Wildman–Crippen MR) is 96.3 cm³/mol. The molecule has 4 heteroatoms. The molecule has 0 radical (unpaired) electrons. The summed E-state index contributed by atoms with van der Waals surface area (Å²) in [7, 11) is 1.68. The molecule has 0 heterocycles. The molecule has 4 nitrogen and oxygen atoms in total. The average Bonchev–Trinajstić information content (AvgIpc) is 3.10. The van der Waals surface area contributed by atoms with E-state index >= 15 is 0 Å². The van der Waals surface area contributed by atoms with Crippen LogP contribution in [-0.4, -0.2) is 19.6 Å². The molecule has 0 aliphatic heterocycles. The van der Waals surface area contributed by atoms with Gasteiger partial charge in [0.15, 0.2) is 0 Å². The first-order valence-corrected chi connectivity index (χ1v) is 8.41. The summed E-state index contributed by atoms with van der Waals surface area (Å²) in [5.41, 5.74) is 8.21. The number of anilines is 1. The van der Waals surface area contributed by atoms with Crippen LogP contribution < -0.4 is 15.8 Å². The van der Waals surface area contributed by atoms with Gasteiger partial charge in [-0.15, -0.1) is 0 Å². The molecule has 24 heavy (non-hydrogen) atoms. The number of rotatable bonds is 5. The van der Waals surface area contributed by atoms with Gasteiger partial charge in [0, 0.05) is 23.2 Å². The van der Waals surface area contributed by atoms with E-state index in [0.717, 1.165) is 18.6 Å². The first-order chi connectivity index (χ1) is 11.6. The van der Waals surface area contributed by atoms with Gasteiger partial charge in [-0.2, -0.15) is 0 Å². The molecule has 0 atom stereocenters. The highest BCUT2D eigenvalue weighted by Crippen LogP contribution is 2.41. The maximum atomic E-state index is 12.5. The molecule has 3 rings (SSSR count). The average molecular weight is 324 g/mol. The van der Waals surface area contributed by atoms with Gasteiger partial charge in [-0.3, -0.25) is 4.79 Å². The van der Waals surface area contributed by atoms with Gasteiger partial charge in [0.25, 0.3) is 5.91 Å². The van der Waals surface area contributed by atoms with E-state index < -0.39 is 0 Å². The number of nitrogens with two attached hydrogens (primary N) is 1. The minimum Gasteiger partial charge on any atom is -0.497 e. The zero-order valence-corrected chi connectivity index (χ0v) is 14.0. The van der Waals surface area contributed by atoms with Gasteiger partial charge in [0.1, 0.15) is 5.75 Å². The van der Waals surface area contributed by atoms with Crippen LogP contribution in [0.25, 0.3) is 0 Å². The minimum absolute atomic E-state index is 0.00940. The van der Waals surface area contributed by atoms with E-state index in [-0.39, 0.29) is 11.3 Å². The van der Waals surface area contributed by atoms with Gasteiger partial charge in [-0.05, 0) is 48.7 Å². The number of hydrogen-bond acceptors (Lipinski definition) is 3. The summed E-state index contributed by atoms with van der Waals surface area (Å²) in [5.74, 6) is 0.789. The fraction of sp³-hybridized carbons (Fsp3) is 0.350. The standard InChI is InChI=1S/C20H24N2O2/c1-24-18-9-5-7-16(13-18)20(10-2-3-11-20)14-22-19(23)15-6-4-8-17(21)12-15/h4-9,12-13H,2-3,10-11,14,21H2,1H3,(H,22,23). The molecule has 1 aliphatic carbocycles. The topological polar surface area (TPSA) is 64.3 Å². The number of nitrogen functional groups attached to an aromatic ring is 1. The summed E-state index contributed by atoms with van der Waals surface area (Å²) in [4.78, 5) is 12.5. The van der Waals surface area contributed by atoms with Crippen molar-refractivity contribution >= 4 is 11.6 Å². The number of carbonyl (C=O) groups is 1. The van der Waals surface area contributed by atoms with Crippen molar-refractivity contribution in [3.63, 3.8) is 0 Å². The van der Waals surface area contributed by atoms with Gasteiger partial charge in [-0.25, -0.2) is 0 Å². The zero-order chi connectivity index (χ0) is 17.0. The second-order valence-electron chi connectivity index (χ2n) is 6.53. The molecule has 0 saturated heterocycles. The largest absolute Gasteiger partial charge is 0.497 e. The molecule has 0 spiro atoms. The molecule has 3 N–H and O–H groups in total. The summed E-state index contributed by atoms with van der Waals surface area (Å²) >= 11 is 0. The van der Waals surface area contributed by atoms with Crippen molar-refractivity contribution in [1.29, 1.82) is 0 Å². The first kappa shape index (κ1) is 16.4. The zero-order valence-electron chi connectivity index (χ0n) is 14.0. The van der Waals surface area contributed by atoms with Crippen LogP contribution in [0.2, 0.25) is 0 Å². The number of hydrogen-bond donors (Lipinski definition) is 2. The van der Waals surface area contributed by atoms with Gasteiger partial charge in [-0.1, -0.05) is 31.0 Å². The van der Waals surface area contributed by atoms with Gasteiger partial charge >= 0.3 is 0 Å². The second kappa shape index (κ2) is 6.95. The Morgan fingerprint density at radius 3 is 2.62 bits per heavy atom. The normalized spacial score (nSPS) is 15.9. The SMILES string of the molecule is COc1cccc(C2(CNC(=O)c3cccc(N)c3)CCCC2)c1. The summed E-state index contributed by atoms with van der Waals surface area (Å²) < 4.78 is 5.37. The lowest BCUT2D eigenvalue weighted by molar-refractivity contribution is 0.0943. The monoisotopic (exact) mass is 324 g/mol. The fourth-order valence-electron chi connectivity index (χ4n) is 3.60. The maximum absolute atomic E-state index is 12.5. The lowest BCUT2D eigenvalue weighted by Gasteiger charge is -2.30. The van der Waals surface area contributed by atoms with Crippen molar-refractivity contribution in [2.75, 3.05) is 19.4 Å². The van der Waals surface area contributed by atoms with E-state index in [1.165, 1.54) is 18.4 Å². The molecule has 1 aliphatic rings. The van der Waals surface area contributed by atoms with Gasteiger partial charge < -0.3 is 15.8 Å². The minimum atomic E-state index is -0.0727. The Hall–Kier alpha value is -2.49. The van der Waals surface area contributed by atoms with E-state index in [2.05, 4.69) is 17.4 Å². The molecule has 0 unspecified atom stereocenters. The summed E-state index contributed by atoms with van der Waals surface area (Å²) in [6.07, 6.45) is 4.53. The first-order valence-electron chi connectivity index (χ1n) is 8.41. The highest BCUT2D eigenvalue weighted by molar-refractivity contribution is 5.95. The van der Waals surface area contributed by atoms with Crippen LogP contribution in [0.4, 0.5) is 5.69 Å². The quantitative estimate of drug-likeness (QED) is 0.827. The van der Waals surface area contributed by atoms with Crippen molar-refractivity contribution in [2.45, 2.75) is 31.1 Å². The third-order valence-electron chi connectivity index (χ3n) is 4.98. The van der Waals surface area contributed by atoms with E-state index in [1.807, 2.05) is 12.1 Å². The number of methoxy groups -OCH3 is 1.